The summed E-state index contributed by atoms with van der Waals surface area (Å²) >= 11 is 0. The summed E-state index contributed by atoms with van der Waals surface area (Å²) in [6, 6.07) is 18.7. The maximum Gasteiger partial charge on any atom is 0.237 e. The zero-order valence-corrected chi connectivity index (χ0v) is 15.0. The quantitative estimate of drug-likeness (QED) is 0.850. The number of hydrogen-bond donors (Lipinski definition) is 2. The largest absolute Gasteiger partial charge is 0.351 e. The van der Waals surface area contributed by atoms with Gasteiger partial charge in [-0.1, -0.05) is 54.6 Å². The minimum Gasteiger partial charge on any atom is -0.351 e. The van der Waals surface area contributed by atoms with E-state index in [-0.39, 0.29) is 18.0 Å². The Bertz CT molecular complexity index is 701. The number of amides is 1. The van der Waals surface area contributed by atoms with Gasteiger partial charge in [-0.2, -0.15) is 0 Å². The number of nitrogens with one attached hydrogen (secondary N) is 2. The number of carbonyl (C=O) groups excluding carboxylic acids is 1. The van der Waals surface area contributed by atoms with Gasteiger partial charge in [0.15, 0.2) is 0 Å². The Balaban J connectivity index is 1.48. The smallest absolute Gasteiger partial charge is 0.237 e. The van der Waals surface area contributed by atoms with Crippen LogP contribution in [0.3, 0.4) is 0 Å². The maximum absolute atomic E-state index is 12.6. The summed E-state index contributed by atoms with van der Waals surface area (Å²) in [5.74, 6) is 0.0927. The van der Waals surface area contributed by atoms with Crippen LogP contribution >= 0.6 is 0 Å². The summed E-state index contributed by atoms with van der Waals surface area (Å²) in [7, 11) is 2.09. The number of benzene rings is 2. The first kappa shape index (κ1) is 17.6. The van der Waals surface area contributed by atoms with Crippen LogP contribution in [0.25, 0.3) is 0 Å². The van der Waals surface area contributed by atoms with Crippen molar-refractivity contribution in [3.63, 3.8) is 0 Å². The first-order valence-corrected chi connectivity index (χ1v) is 8.95. The molecule has 0 spiro atoms. The number of nitrogens with zero attached hydrogens (tertiary/aromatic N) is 1. The first-order chi connectivity index (χ1) is 12.1. The number of hydrogen-bond acceptors (Lipinski definition) is 3. The lowest BCUT2D eigenvalue weighted by molar-refractivity contribution is -0.124. The lowest BCUT2D eigenvalue weighted by Crippen LogP contribution is -2.51. The van der Waals surface area contributed by atoms with Crippen LogP contribution in [0.5, 0.6) is 0 Å². The Morgan fingerprint density at radius 1 is 1.16 bits per heavy atom. The van der Waals surface area contributed by atoms with Crippen LogP contribution in [-0.2, 0) is 24.3 Å². The van der Waals surface area contributed by atoms with Crippen LogP contribution < -0.4 is 10.6 Å². The predicted molar refractivity (Wildman–Crippen MR) is 101 cm³/mol. The van der Waals surface area contributed by atoms with E-state index in [4.69, 9.17) is 0 Å². The molecule has 0 aliphatic carbocycles. The van der Waals surface area contributed by atoms with Gasteiger partial charge in [0, 0.05) is 25.7 Å². The molecule has 2 N–H and O–H groups in total. The standard InChI is InChI=1S/C21H27N3O/c1-16(14-24(2)15-17-8-4-3-5-9-17)23-21(25)20-12-18-10-6-7-11-19(18)13-22-20/h3-11,16,20,22H,12-15H2,1-2H3,(H,23,25). The van der Waals surface area contributed by atoms with E-state index in [9.17, 15) is 4.79 Å². The third-order valence-corrected chi connectivity index (χ3v) is 4.67. The van der Waals surface area contributed by atoms with Crippen molar-refractivity contribution < 1.29 is 4.79 Å². The summed E-state index contributed by atoms with van der Waals surface area (Å²) in [4.78, 5) is 14.8. The Morgan fingerprint density at radius 2 is 1.84 bits per heavy atom. The van der Waals surface area contributed by atoms with Gasteiger partial charge in [-0.05, 0) is 37.1 Å². The molecule has 1 aliphatic heterocycles. The Morgan fingerprint density at radius 3 is 2.60 bits per heavy atom. The third-order valence-electron chi connectivity index (χ3n) is 4.67. The van der Waals surface area contributed by atoms with Crippen LogP contribution in [-0.4, -0.2) is 36.5 Å². The first-order valence-electron chi connectivity index (χ1n) is 8.95. The highest BCUT2D eigenvalue weighted by atomic mass is 16.2. The highest BCUT2D eigenvalue weighted by Crippen LogP contribution is 2.16. The minimum absolute atomic E-state index is 0.0927. The molecule has 2 aromatic rings. The normalized spacial score (nSPS) is 17.8. The molecule has 3 rings (SSSR count). The van der Waals surface area contributed by atoms with Gasteiger partial charge in [-0.3, -0.25) is 4.79 Å². The number of likely N-dealkylation sites (N-methyl/N-ethyl adjacent to an activating group) is 1. The van der Waals surface area contributed by atoms with Crippen LogP contribution in [0, 0.1) is 0 Å². The number of carbonyl (C=O) groups is 1. The molecule has 4 nitrogen and oxygen atoms in total. The fourth-order valence-electron chi connectivity index (χ4n) is 3.46. The molecule has 25 heavy (non-hydrogen) atoms. The van der Waals surface area contributed by atoms with E-state index in [0.717, 1.165) is 26.1 Å². The molecule has 2 unspecified atom stereocenters. The molecule has 0 radical (unpaired) electrons. The van der Waals surface area contributed by atoms with Gasteiger partial charge in [0.05, 0.1) is 6.04 Å². The molecular weight excluding hydrogens is 310 g/mol. The van der Waals surface area contributed by atoms with E-state index in [0.29, 0.717) is 0 Å². The average molecular weight is 337 g/mol. The molecule has 0 aromatic heterocycles. The predicted octanol–water partition coefficient (Wildman–Crippen LogP) is 2.34. The van der Waals surface area contributed by atoms with Gasteiger partial charge >= 0.3 is 0 Å². The maximum atomic E-state index is 12.6. The van der Waals surface area contributed by atoms with E-state index in [1.807, 2.05) is 18.2 Å². The fraction of sp³-hybridized carbons (Fsp3) is 0.381. The monoisotopic (exact) mass is 337 g/mol. The minimum atomic E-state index is -0.142. The highest BCUT2D eigenvalue weighted by Gasteiger charge is 2.24. The summed E-state index contributed by atoms with van der Waals surface area (Å²) in [5.41, 5.74) is 3.85. The zero-order chi connectivity index (χ0) is 17.6. The van der Waals surface area contributed by atoms with Crippen LogP contribution in [0.1, 0.15) is 23.6 Å². The second-order valence-electron chi connectivity index (χ2n) is 7.00. The SMILES string of the molecule is CC(CN(C)Cc1ccccc1)NC(=O)C1Cc2ccccc2CN1. The van der Waals surface area contributed by atoms with E-state index < -0.39 is 0 Å². The van der Waals surface area contributed by atoms with Crippen molar-refractivity contribution in [2.45, 2.75) is 38.5 Å². The topological polar surface area (TPSA) is 44.4 Å². The van der Waals surface area contributed by atoms with Crippen molar-refractivity contribution in [3.05, 3.63) is 71.3 Å². The molecule has 4 heteroatoms. The summed E-state index contributed by atoms with van der Waals surface area (Å²) in [6.45, 7) is 4.53. The van der Waals surface area contributed by atoms with E-state index in [1.165, 1.54) is 16.7 Å². The molecule has 2 atom stereocenters. The van der Waals surface area contributed by atoms with Crippen LogP contribution in [0.15, 0.2) is 54.6 Å². The van der Waals surface area contributed by atoms with Gasteiger partial charge in [0.2, 0.25) is 5.91 Å². The molecule has 1 aliphatic rings. The van der Waals surface area contributed by atoms with Crippen molar-refractivity contribution >= 4 is 5.91 Å². The Kier molecular flexibility index (Phi) is 5.84. The van der Waals surface area contributed by atoms with Crippen molar-refractivity contribution in [3.8, 4) is 0 Å². The summed E-state index contributed by atoms with van der Waals surface area (Å²) in [6.07, 6.45) is 0.759. The Labute approximate surface area is 150 Å². The van der Waals surface area contributed by atoms with E-state index >= 15 is 0 Å². The van der Waals surface area contributed by atoms with Crippen LogP contribution in [0.4, 0.5) is 0 Å². The van der Waals surface area contributed by atoms with E-state index in [1.54, 1.807) is 0 Å². The second kappa shape index (κ2) is 8.28. The molecule has 0 bridgehead atoms. The molecule has 0 saturated carbocycles. The molecule has 1 heterocycles. The molecule has 0 saturated heterocycles. The molecule has 0 fully saturated rings. The van der Waals surface area contributed by atoms with Gasteiger partial charge in [-0.25, -0.2) is 0 Å². The number of rotatable bonds is 6. The molecular formula is C21H27N3O. The third kappa shape index (κ3) is 4.91. The highest BCUT2D eigenvalue weighted by molar-refractivity contribution is 5.82. The van der Waals surface area contributed by atoms with Crippen molar-refractivity contribution in [1.29, 1.82) is 0 Å². The summed E-state index contributed by atoms with van der Waals surface area (Å²) in [5, 5.41) is 6.50. The van der Waals surface area contributed by atoms with Gasteiger partial charge in [0.25, 0.3) is 0 Å². The van der Waals surface area contributed by atoms with Gasteiger partial charge < -0.3 is 15.5 Å². The van der Waals surface area contributed by atoms with Gasteiger partial charge in [0.1, 0.15) is 0 Å². The molecule has 2 aromatic carbocycles. The van der Waals surface area contributed by atoms with Crippen molar-refractivity contribution in [1.82, 2.24) is 15.5 Å². The molecule has 132 valence electrons. The Hall–Kier alpha value is -2.17. The lowest BCUT2D eigenvalue weighted by atomic mass is 9.95. The van der Waals surface area contributed by atoms with Crippen LogP contribution in [0.2, 0.25) is 0 Å². The van der Waals surface area contributed by atoms with Crippen molar-refractivity contribution in [2.75, 3.05) is 13.6 Å². The second-order valence-corrected chi connectivity index (χ2v) is 7.00. The number of fused-ring (bicyclic) bond motifs is 1. The van der Waals surface area contributed by atoms with Gasteiger partial charge in [-0.15, -0.1) is 0 Å². The lowest BCUT2D eigenvalue weighted by Gasteiger charge is -2.28. The average Bonchev–Trinajstić information content (AvgIpc) is 2.61. The van der Waals surface area contributed by atoms with Crippen molar-refractivity contribution in [2.24, 2.45) is 0 Å². The van der Waals surface area contributed by atoms with E-state index in [2.05, 4.69) is 65.9 Å². The summed E-state index contributed by atoms with van der Waals surface area (Å²) < 4.78 is 0. The fourth-order valence-corrected chi connectivity index (χ4v) is 3.46. The zero-order valence-electron chi connectivity index (χ0n) is 15.0. The molecule has 1 amide bonds.